The van der Waals surface area contributed by atoms with Gasteiger partial charge >= 0.3 is 0 Å². The molecule has 1 fully saturated rings. The van der Waals surface area contributed by atoms with Gasteiger partial charge in [-0.05, 0) is 48.2 Å². The van der Waals surface area contributed by atoms with Crippen LogP contribution in [0, 0.1) is 17.6 Å². The van der Waals surface area contributed by atoms with Crippen molar-refractivity contribution in [2.24, 2.45) is 5.92 Å². The van der Waals surface area contributed by atoms with E-state index in [2.05, 4.69) is 10.6 Å². The number of halogens is 2. The van der Waals surface area contributed by atoms with Gasteiger partial charge in [-0.3, -0.25) is 4.79 Å². The quantitative estimate of drug-likeness (QED) is 0.845. The lowest BCUT2D eigenvalue weighted by Gasteiger charge is -2.08. The van der Waals surface area contributed by atoms with Crippen LogP contribution in [0.25, 0.3) is 0 Å². The SMILES string of the molecule is CCNCc1cccc(NC(=O)C2CC2c2ccc(F)cc2F)c1. The third-order valence-electron chi connectivity index (χ3n) is 4.26. The summed E-state index contributed by atoms with van der Waals surface area (Å²) < 4.78 is 26.8. The molecule has 1 aliphatic carbocycles. The summed E-state index contributed by atoms with van der Waals surface area (Å²) in [7, 11) is 0. The summed E-state index contributed by atoms with van der Waals surface area (Å²) in [4.78, 5) is 12.3. The van der Waals surface area contributed by atoms with Gasteiger partial charge in [0, 0.05) is 24.2 Å². The first kappa shape index (κ1) is 16.6. The van der Waals surface area contributed by atoms with Gasteiger partial charge in [0.2, 0.25) is 5.91 Å². The Balaban J connectivity index is 1.62. The first-order valence-corrected chi connectivity index (χ1v) is 8.14. The second kappa shape index (κ2) is 7.09. The van der Waals surface area contributed by atoms with E-state index < -0.39 is 11.6 Å². The van der Waals surface area contributed by atoms with Gasteiger partial charge in [0.1, 0.15) is 11.6 Å². The number of anilines is 1. The normalized spacial score (nSPS) is 19.1. The van der Waals surface area contributed by atoms with E-state index in [1.165, 1.54) is 12.1 Å². The summed E-state index contributed by atoms with van der Waals surface area (Å²) in [6, 6.07) is 11.2. The van der Waals surface area contributed by atoms with E-state index in [9.17, 15) is 13.6 Å². The summed E-state index contributed by atoms with van der Waals surface area (Å²) in [5.41, 5.74) is 2.24. The molecule has 2 aromatic carbocycles. The third kappa shape index (κ3) is 3.79. The molecule has 3 nitrogen and oxygen atoms in total. The minimum atomic E-state index is -0.601. The largest absolute Gasteiger partial charge is 0.326 e. The zero-order valence-corrected chi connectivity index (χ0v) is 13.5. The van der Waals surface area contributed by atoms with E-state index in [0.717, 1.165) is 30.4 Å². The molecule has 0 heterocycles. The molecule has 0 bridgehead atoms. The maximum atomic E-state index is 13.8. The number of carbonyl (C=O) groups is 1. The number of hydrogen-bond donors (Lipinski definition) is 2. The van der Waals surface area contributed by atoms with Crippen molar-refractivity contribution < 1.29 is 13.6 Å². The maximum Gasteiger partial charge on any atom is 0.228 e. The lowest BCUT2D eigenvalue weighted by molar-refractivity contribution is -0.117. The fourth-order valence-corrected chi connectivity index (χ4v) is 2.89. The van der Waals surface area contributed by atoms with Gasteiger partial charge in [0.25, 0.3) is 0 Å². The van der Waals surface area contributed by atoms with Crippen molar-refractivity contribution in [1.82, 2.24) is 5.32 Å². The van der Waals surface area contributed by atoms with E-state index in [4.69, 9.17) is 0 Å². The Morgan fingerprint density at radius 1 is 1.21 bits per heavy atom. The Kier molecular flexibility index (Phi) is 4.90. The van der Waals surface area contributed by atoms with Crippen LogP contribution < -0.4 is 10.6 Å². The number of rotatable bonds is 6. The highest BCUT2D eigenvalue weighted by Crippen LogP contribution is 2.48. The van der Waals surface area contributed by atoms with E-state index in [1.54, 1.807) is 0 Å². The first-order valence-electron chi connectivity index (χ1n) is 8.14. The molecular weight excluding hydrogens is 310 g/mol. The van der Waals surface area contributed by atoms with Crippen LogP contribution in [0.5, 0.6) is 0 Å². The van der Waals surface area contributed by atoms with Crippen molar-refractivity contribution in [3.8, 4) is 0 Å². The zero-order valence-electron chi connectivity index (χ0n) is 13.5. The van der Waals surface area contributed by atoms with Crippen LogP contribution in [0.3, 0.4) is 0 Å². The molecule has 0 aromatic heterocycles. The van der Waals surface area contributed by atoms with Gasteiger partial charge in [-0.15, -0.1) is 0 Å². The van der Waals surface area contributed by atoms with Crippen LogP contribution in [-0.4, -0.2) is 12.5 Å². The molecule has 1 saturated carbocycles. The van der Waals surface area contributed by atoms with Gasteiger partial charge in [0.05, 0.1) is 0 Å². The predicted molar refractivity (Wildman–Crippen MR) is 89.7 cm³/mol. The van der Waals surface area contributed by atoms with Crippen molar-refractivity contribution in [3.05, 3.63) is 65.2 Å². The standard InChI is InChI=1S/C19H20F2N2O/c1-2-22-11-12-4-3-5-14(8-12)23-19(24)17-10-16(17)15-7-6-13(20)9-18(15)21/h3-9,16-17,22H,2,10-11H2,1H3,(H,23,24). The molecule has 2 N–H and O–H groups in total. The van der Waals surface area contributed by atoms with Crippen LogP contribution in [0.1, 0.15) is 30.4 Å². The molecule has 1 amide bonds. The Bertz CT molecular complexity index is 748. The number of nitrogens with one attached hydrogen (secondary N) is 2. The molecule has 2 unspecified atom stereocenters. The van der Waals surface area contributed by atoms with Crippen LogP contribution in [-0.2, 0) is 11.3 Å². The molecule has 2 aromatic rings. The molecule has 0 saturated heterocycles. The summed E-state index contributed by atoms with van der Waals surface area (Å²) in [5, 5.41) is 6.12. The average Bonchev–Trinajstić information content (AvgIpc) is 3.34. The summed E-state index contributed by atoms with van der Waals surface area (Å²) in [5.74, 6) is -1.74. The Morgan fingerprint density at radius 2 is 2.04 bits per heavy atom. The average molecular weight is 330 g/mol. The molecule has 3 rings (SSSR count). The minimum absolute atomic E-state index is 0.121. The van der Waals surface area contributed by atoms with Gasteiger partial charge in [-0.25, -0.2) is 8.78 Å². The molecule has 1 aliphatic rings. The lowest BCUT2D eigenvalue weighted by atomic mass is 10.1. The number of carbonyl (C=O) groups excluding carboxylic acids is 1. The molecule has 2 atom stereocenters. The number of hydrogen-bond acceptors (Lipinski definition) is 2. The fourth-order valence-electron chi connectivity index (χ4n) is 2.89. The van der Waals surface area contributed by atoms with E-state index >= 15 is 0 Å². The highest BCUT2D eigenvalue weighted by Gasteiger charge is 2.45. The monoisotopic (exact) mass is 330 g/mol. The highest BCUT2D eigenvalue weighted by molar-refractivity contribution is 5.95. The lowest BCUT2D eigenvalue weighted by Crippen LogP contribution is -2.16. The van der Waals surface area contributed by atoms with Gasteiger partial charge in [-0.2, -0.15) is 0 Å². The maximum absolute atomic E-state index is 13.8. The van der Waals surface area contributed by atoms with Gasteiger partial charge in [0.15, 0.2) is 0 Å². The molecule has 5 heteroatoms. The minimum Gasteiger partial charge on any atom is -0.326 e. The molecule has 0 aliphatic heterocycles. The number of benzene rings is 2. The molecular formula is C19H20F2N2O. The van der Waals surface area contributed by atoms with Crippen LogP contribution in [0.15, 0.2) is 42.5 Å². The molecule has 0 radical (unpaired) electrons. The first-order chi connectivity index (χ1) is 11.6. The van der Waals surface area contributed by atoms with Crippen LogP contribution in [0.4, 0.5) is 14.5 Å². The van der Waals surface area contributed by atoms with Crippen molar-refractivity contribution in [2.75, 3.05) is 11.9 Å². The summed E-state index contributed by atoms with van der Waals surface area (Å²) >= 11 is 0. The van der Waals surface area contributed by atoms with Gasteiger partial charge < -0.3 is 10.6 Å². The summed E-state index contributed by atoms with van der Waals surface area (Å²) in [6.07, 6.45) is 0.589. The number of amides is 1. The molecule has 0 spiro atoms. The van der Waals surface area contributed by atoms with Crippen LogP contribution >= 0.6 is 0 Å². The van der Waals surface area contributed by atoms with Crippen molar-refractivity contribution >= 4 is 11.6 Å². The molecule has 24 heavy (non-hydrogen) atoms. The Morgan fingerprint density at radius 3 is 2.79 bits per heavy atom. The van der Waals surface area contributed by atoms with Crippen molar-refractivity contribution in [2.45, 2.75) is 25.8 Å². The molecule has 126 valence electrons. The van der Waals surface area contributed by atoms with E-state index in [0.29, 0.717) is 12.0 Å². The Labute approximate surface area is 140 Å². The fraction of sp³-hybridized carbons (Fsp3) is 0.316. The van der Waals surface area contributed by atoms with Crippen molar-refractivity contribution in [3.63, 3.8) is 0 Å². The second-order valence-corrected chi connectivity index (χ2v) is 6.08. The summed E-state index contributed by atoms with van der Waals surface area (Å²) in [6.45, 7) is 3.66. The van der Waals surface area contributed by atoms with Crippen LogP contribution in [0.2, 0.25) is 0 Å². The topological polar surface area (TPSA) is 41.1 Å². The smallest absolute Gasteiger partial charge is 0.228 e. The third-order valence-corrected chi connectivity index (χ3v) is 4.26. The second-order valence-electron chi connectivity index (χ2n) is 6.08. The predicted octanol–water partition coefficient (Wildman–Crippen LogP) is 3.82. The zero-order chi connectivity index (χ0) is 17.1. The highest BCUT2D eigenvalue weighted by atomic mass is 19.1. The van der Waals surface area contributed by atoms with E-state index in [-0.39, 0.29) is 17.7 Å². The van der Waals surface area contributed by atoms with E-state index in [1.807, 2.05) is 31.2 Å². The van der Waals surface area contributed by atoms with Gasteiger partial charge in [-0.1, -0.05) is 25.1 Å². The Hall–Kier alpha value is -2.27. The van der Waals surface area contributed by atoms with Crippen molar-refractivity contribution in [1.29, 1.82) is 0 Å².